The van der Waals surface area contributed by atoms with Crippen LogP contribution in [0.5, 0.6) is 0 Å². The molecular formula is C13H20N2O3S. The predicted molar refractivity (Wildman–Crippen MR) is 75.6 cm³/mol. The zero-order valence-electron chi connectivity index (χ0n) is 11.4. The lowest BCUT2D eigenvalue weighted by Crippen LogP contribution is -2.39. The molecule has 1 rings (SSSR count). The Kier molecular flexibility index (Phi) is 4.70. The van der Waals surface area contributed by atoms with Crippen molar-refractivity contribution in [3.05, 3.63) is 24.3 Å². The number of carbonyl (C=O) groups excluding carboxylic acids is 1. The number of rotatable bonds is 5. The van der Waals surface area contributed by atoms with Gasteiger partial charge in [-0.05, 0) is 37.6 Å². The van der Waals surface area contributed by atoms with Crippen LogP contribution in [0.25, 0.3) is 0 Å². The van der Waals surface area contributed by atoms with Crippen molar-refractivity contribution in [1.29, 1.82) is 0 Å². The minimum Gasteiger partial charge on any atom is -0.329 e. The maximum Gasteiger partial charge on any atom is 0.231 e. The van der Waals surface area contributed by atoms with Crippen molar-refractivity contribution in [2.24, 2.45) is 11.1 Å². The van der Waals surface area contributed by atoms with Gasteiger partial charge in [-0.2, -0.15) is 0 Å². The minimum atomic E-state index is -3.22. The normalized spacial score (nSPS) is 14.7. The van der Waals surface area contributed by atoms with Crippen molar-refractivity contribution >= 4 is 21.4 Å². The van der Waals surface area contributed by atoms with Crippen LogP contribution in [0.2, 0.25) is 0 Å². The summed E-state index contributed by atoms with van der Waals surface area (Å²) < 4.78 is 22.6. The molecule has 0 heterocycles. The zero-order chi connectivity index (χ0) is 14.7. The number of carbonyl (C=O) groups is 1. The molecule has 1 aromatic rings. The first-order valence-corrected chi connectivity index (χ1v) is 7.94. The fraction of sp³-hybridized carbons (Fsp3) is 0.462. The van der Waals surface area contributed by atoms with Crippen molar-refractivity contribution in [3.63, 3.8) is 0 Å². The van der Waals surface area contributed by atoms with Gasteiger partial charge in [0, 0.05) is 18.5 Å². The second-order valence-corrected chi connectivity index (χ2v) is 6.88. The molecule has 0 aromatic heterocycles. The van der Waals surface area contributed by atoms with E-state index in [1.54, 1.807) is 19.1 Å². The van der Waals surface area contributed by atoms with E-state index in [0.29, 0.717) is 12.1 Å². The van der Waals surface area contributed by atoms with Gasteiger partial charge in [-0.25, -0.2) is 8.42 Å². The van der Waals surface area contributed by atoms with E-state index in [2.05, 4.69) is 5.32 Å². The second-order valence-electron chi connectivity index (χ2n) is 4.87. The van der Waals surface area contributed by atoms with Gasteiger partial charge in [0.15, 0.2) is 9.84 Å². The van der Waals surface area contributed by atoms with Gasteiger partial charge in [0.1, 0.15) is 0 Å². The van der Waals surface area contributed by atoms with Crippen LogP contribution in [-0.4, -0.2) is 27.1 Å². The number of hydrogen-bond donors (Lipinski definition) is 2. The Bertz CT molecular complexity index is 546. The Morgan fingerprint density at radius 1 is 1.32 bits per heavy atom. The van der Waals surface area contributed by atoms with Crippen LogP contribution in [0.15, 0.2) is 29.2 Å². The Hall–Kier alpha value is -1.40. The summed E-state index contributed by atoms with van der Waals surface area (Å²) >= 11 is 0. The highest BCUT2D eigenvalue weighted by Gasteiger charge is 2.29. The van der Waals surface area contributed by atoms with Crippen molar-refractivity contribution in [1.82, 2.24) is 0 Å². The lowest BCUT2D eigenvalue weighted by atomic mass is 9.86. The third-order valence-electron chi connectivity index (χ3n) is 3.32. The maximum absolute atomic E-state index is 12.1. The van der Waals surface area contributed by atoms with Crippen LogP contribution in [0.4, 0.5) is 5.69 Å². The summed E-state index contributed by atoms with van der Waals surface area (Å²) in [6.45, 7) is 3.96. The van der Waals surface area contributed by atoms with Gasteiger partial charge >= 0.3 is 0 Å². The molecule has 1 aromatic carbocycles. The maximum atomic E-state index is 12.1. The molecule has 0 saturated carbocycles. The number of benzene rings is 1. The highest BCUT2D eigenvalue weighted by atomic mass is 32.2. The summed E-state index contributed by atoms with van der Waals surface area (Å²) in [6, 6.07) is 6.08. The van der Waals surface area contributed by atoms with Crippen molar-refractivity contribution in [2.45, 2.75) is 25.2 Å². The molecule has 0 aliphatic rings. The lowest BCUT2D eigenvalue weighted by Gasteiger charge is -2.24. The topological polar surface area (TPSA) is 89.3 Å². The van der Waals surface area contributed by atoms with Crippen LogP contribution in [0.3, 0.4) is 0 Å². The summed E-state index contributed by atoms with van der Waals surface area (Å²) in [5.41, 5.74) is 5.56. The van der Waals surface area contributed by atoms with Crippen molar-refractivity contribution in [2.75, 3.05) is 18.1 Å². The molecule has 0 radical (unpaired) electrons. The monoisotopic (exact) mass is 284 g/mol. The first kappa shape index (κ1) is 15.7. The van der Waals surface area contributed by atoms with Gasteiger partial charge in [-0.15, -0.1) is 0 Å². The molecule has 106 valence electrons. The molecule has 0 aliphatic carbocycles. The molecule has 1 amide bonds. The summed E-state index contributed by atoms with van der Waals surface area (Å²) in [5.74, 6) is -0.162. The average Bonchev–Trinajstić information content (AvgIpc) is 2.37. The van der Waals surface area contributed by atoms with Crippen LogP contribution in [-0.2, 0) is 14.6 Å². The standard InChI is InChI=1S/C13H20N2O3S/c1-4-13(2,9-14)12(16)15-10-5-7-11(8-6-10)19(3,17)18/h5-8H,4,9,14H2,1-3H3,(H,15,16). The summed E-state index contributed by atoms with van der Waals surface area (Å²) in [5, 5.41) is 2.75. The van der Waals surface area contributed by atoms with E-state index in [0.717, 1.165) is 6.26 Å². The van der Waals surface area contributed by atoms with E-state index < -0.39 is 15.3 Å². The van der Waals surface area contributed by atoms with E-state index in [9.17, 15) is 13.2 Å². The van der Waals surface area contributed by atoms with E-state index in [-0.39, 0.29) is 17.3 Å². The molecule has 0 spiro atoms. The molecular weight excluding hydrogens is 264 g/mol. The van der Waals surface area contributed by atoms with Gasteiger partial charge in [0.2, 0.25) is 5.91 Å². The minimum absolute atomic E-state index is 0.162. The molecule has 1 unspecified atom stereocenters. The molecule has 0 saturated heterocycles. The number of sulfone groups is 1. The van der Waals surface area contributed by atoms with Crippen LogP contribution < -0.4 is 11.1 Å². The van der Waals surface area contributed by atoms with E-state index in [1.165, 1.54) is 12.1 Å². The SMILES string of the molecule is CCC(C)(CN)C(=O)Nc1ccc(S(C)(=O)=O)cc1. The van der Waals surface area contributed by atoms with Crippen molar-refractivity contribution in [3.8, 4) is 0 Å². The van der Waals surface area contributed by atoms with E-state index >= 15 is 0 Å². The Morgan fingerprint density at radius 2 is 1.84 bits per heavy atom. The fourth-order valence-electron chi connectivity index (χ4n) is 1.47. The van der Waals surface area contributed by atoms with E-state index in [1.807, 2.05) is 6.92 Å². The number of amides is 1. The number of hydrogen-bond acceptors (Lipinski definition) is 4. The quantitative estimate of drug-likeness (QED) is 0.855. The summed E-state index contributed by atoms with van der Waals surface area (Å²) in [4.78, 5) is 12.3. The molecule has 0 bridgehead atoms. The first-order chi connectivity index (χ1) is 8.73. The van der Waals surface area contributed by atoms with E-state index in [4.69, 9.17) is 5.73 Å². The molecule has 0 fully saturated rings. The highest BCUT2D eigenvalue weighted by molar-refractivity contribution is 7.90. The molecule has 1 atom stereocenters. The summed E-state index contributed by atoms with van der Waals surface area (Å²) in [6.07, 6.45) is 1.78. The van der Waals surface area contributed by atoms with Gasteiger partial charge < -0.3 is 11.1 Å². The third-order valence-corrected chi connectivity index (χ3v) is 4.45. The molecule has 6 heteroatoms. The Labute approximate surface area is 114 Å². The number of nitrogens with one attached hydrogen (secondary N) is 1. The number of anilines is 1. The second kappa shape index (κ2) is 5.71. The smallest absolute Gasteiger partial charge is 0.231 e. The van der Waals surface area contributed by atoms with Crippen LogP contribution in [0, 0.1) is 5.41 Å². The van der Waals surface area contributed by atoms with Crippen LogP contribution in [0.1, 0.15) is 20.3 Å². The highest BCUT2D eigenvalue weighted by Crippen LogP contribution is 2.22. The van der Waals surface area contributed by atoms with Gasteiger partial charge in [-0.1, -0.05) is 6.92 Å². The van der Waals surface area contributed by atoms with Gasteiger partial charge in [-0.3, -0.25) is 4.79 Å². The third kappa shape index (κ3) is 3.78. The largest absolute Gasteiger partial charge is 0.329 e. The zero-order valence-corrected chi connectivity index (χ0v) is 12.3. The fourth-order valence-corrected chi connectivity index (χ4v) is 2.10. The molecule has 5 nitrogen and oxygen atoms in total. The average molecular weight is 284 g/mol. The predicted octanol–water partition coefficient (Wildman–Crippen LogP) is 1.40. The first-order valence-electron chi connectivity index (χ1n) is 6.04. The Morgan fingerprint density at radius 3 is 2.21 bits per heavy atom. The van der Waals surface area contributed by atoms with Gasteiger partial charge in [0.05, 0.1) is 10.3 Å². The molecule has 19 heavy (non-hydrogen) atoms. The Balaban J connectivity index is 2.88. The molecule has 3 N–H and O–H groups in total. The molecule has 0 aliphatic heterocycles. The summed E-state index contributed by atoms with van der Waals surface area (Å²) in [7, 11) is -3.22. The van der Waals surface area contributed by atoms with Crippen LogP contribution >= 0.6 is 0 Å². The van der Waals surface area contributed by atoms with Gasteiger partial charge in [0.25, 0.3) is 0 Å². The van der Waals surface area contributed by atoms with Crippen molar-refractivity contribution < 1.29 is 13.2 Å². The number of nitrogens with two attached hydrogens (primary N) is 1. The lowest BCUT2D eigenvalue weighted by molar-refractivity contribution is -0.124.